The van der Waals surface area contributed by atoms with Gasteiger partial charge in [-0.2, -0.15) is 9.97 Å². The summed E-state index contributed by atoms with van der Waals surface area (Å²) in [6.45, 7) is 8.29. The van der Waals surface area contributed by atoms with Gasteiger partial charge in [-0.25, -0.2) is 13.8 Å². The van der Waals surface area contributed by atoms with Crippen molar-refractivity contribution in [1.29, 1.82) is 0 Å². The highest BCUT2D eigenvalue weighted by Crippen LogP contribution is 2.53. The van der Waals surface area contributed by atoms with E-state index in [4.69, 9.17) is 42.5 Å². The van der Waals surface area contributed by atoms with Gasteiger partial charge >= 0.3 is 6.01 Å². The SMILES string of the molecule is CNc1c(N)sc2c(F)ccc(-c3c(Cl)c4c5c(nc(OC[C@@]67CCCN6CC(CP(C)(C)=O)C7)nc5c3F)N([C@H](C)c3cccnc3N)CCO4)c12. The maximum Gasteiger partial charge on any atom is 0.319 e. The number of ether oxygens (including phenoxy) is 2. The second-order valence-electron chi connectivity index (χ2n) is 14.9. The highest BCUT2D eigenvalue weighted by Gasteiger charge is 2.49. The molecule has 2 saturated heterocycles. The van der Waals surface area contributed by atoms with Crippen LogP contribution in [0.5, 0.6) is 11.8 Å². The Morgan fingerprint density at radius 1 is 1.21 bits per heavy atom. The molecule has 0 aliphatic carbocycles. The zero-order chi connectivity index (χ0) is 37.4. The predicted octanol–water partition coefficient (Wildman–Crippen LogP) is 7.86. The number of nitrogens with zero attached hydrogens (tertiary/aromatic N) is 5. The summed E-state index contributed by atoms with van der Waals surface area (Å²) < 4.78 is 58.6. The van der Waals surface area contributed by atoms with Crippen molar-refractivity contribution in [1.82, 2.24) is 19.9 Å². The molecule has 1 unspecified atom stereocenters. The Balaban J connectivity index is 1.31. The summed E-state index contributed by atoms with van der Waals surface area (Å²) >= 11 is 8.23. The minimum absolute atomic E-state index is 0.00447. The molecule has 0 amide bonds. The van der Waals surface area contributed by atoms with Crippen LogP contribution < -0.4 is 31.2 Å². The number of nitrogens with two attached hydrogens (primary N) is 2. The fourth-order valence-electron chi connectivity index (χ4n) is 8.79. The molecule has 3 atom stereocenters. The van der Waals surface area contributed by atoms with E-state index in [1.165, 1.54) is 12.1 Å². The normalized spacial score (nSPS) is 20.8. The van der Waals surface area contributed by atoms with Crippen LogP contribution >= 0.6 is 30.1 Å². The molecule has 2 fully saturated rings. The molecule has 11 nitrogen and oxygen atoms in total. The summed E-state index contributed by atoms with van der Waals surface area (Å²) in [6, 6.07) is 6.14. The van der Waals surface area contributed by atoms with Gasteiger partial charge in [-0.15, -0.1) is 11.3 Å². The van der Waals surface area contributed by atoms with Crippen LogP contribution in [0.15, 0.2) is 30.5 Å². The molecule has 6 heterocycles. The van der Waals surface area contributed by atoms with Crippen LogP contribution in [0, 0.1) is 17.6 Å². The first-order valence-electron chi connectivity index (χ1n) is 17.7. The number of hydrogen-bond donors (Lipinski definition) is 3. The zero-order valence-electron chi connectivity index (χ0n) is 30.0. The van der Waals surface area contributed by atoms with E-state index < -0.39 is 18.8 Å². The number of nitrogen functional groups attached to an aromatic ring is 2. The molecule has 0 bridgehead atoms. The smallest absolute Gasteiger partial charge is 0.319 e. The Morgan fingerprint density at radius 3 is 2.77 bits per heavy atom. The monoisotopic (exact) mass is 782 g/mol. The Labute approximate surface area is 315 Å². The van der Waals surface area contributed by atoms with Crippen LogP contribution in [-0.4, -0.2) is 84.8 Å². The average Bonchev–Trinajstić information content (AvgIpc) is 3.71. The number of aromatic nitrogens is 3. The van der Waals surface area contributed by atoms with Gasteiger partial charge in [0.2, 0.25) is 0 Å². The summed E-state index contributed by atoms with van der Waals surface area (Å²) in [5.41, 5.74) is 13.9. The molecule has 280 valence electrons. The first-order valence-corrected chi connectivity index (χ1v) is 21.7. The number of thiophene rings is 1. The predicted molar refractivity (Wildman–Crippen MR) is 211 cm³/mol. The lowest BCUT2D eigenvalue weighted by atomic mass is 9.91. The van der Waals surface area contributed by atoms with Crippen LogP contribution in [0.1, 0.15) is 37.8 Å². The van der Waals surface area contributed by atoms with Gasteiger partial charge in [0.25, 0.3) is 0 Å². The van der Waals surface area contributed by atoms with Crippen molar-refractivity contribution in [3.63, 3.8) is 0 Å². The van der Waals surface area contributed by atoms with E-state index in [1.807, 2.05) is 37.3 Å². The van der Waals surface area contributed by atoms with Gasteiger partial charge in [-0.1, -0.05) is 23.7 Å². The Kier molecular flexibility index (Phi) is 9.11. The third-order valence-corrected chi connectivity index (χ3v) is 13.8. The lowest BCUT2D eigenvalue weighted by molar-refractivity contribution is 0.107. The van der Waals surface area contributed by atoms with E-state index in [-0.39, 0.29) is 56.1 Å². The molecule has 8 rings (SSSR count). The van der Waals surface area contributed by atoms with Gasteiger partial charge < -0.3 is 35.7 Å². The van der Waals surface area contributed by atoms with Gasteiger partial charge in [0.05, 0.1) is 46.1 Å². The van der Waals surface area contributed by atoms with Gasteiger partial charge in [0.1, 0.15) is 41.2 Å². The quantitative estimate of drug-likeness (QED) is 0.126. The van der Waals surface area contributed by atoms with Crippen molar-refractivity contribution in [3.05, 3.63) is 52.7 Å². The van der Waals surface area contributed by atoms with Gasteiger partial charge in [-0.3, -0.25) is 4.90 Å². The first kappa shape index (κ1) is 36.0. The van der Waals surface area contributed by atoms with Crippen molar-refractivity contribution in [2.75, 3.05) is 81.1 Å². The molecule has 3 aliphatic heterocycles. The highest BCUT2D eigenvalue weighted by atomic mass is 35.5. The minimum atomic E-state index is -2.22. The molecule has 5 N–H and O–H groups in total. The molecule has 16 heteroatoms. The third-order valence-electron chi connectivity index (χ3n) is 11.0. The molecule has 53 heavy (non-hydrogen) atoms. The Hall–Kier alpha value is -3.97. The van der Waals surface area contributed by atoms with E-state index in [2.05, 4.69) is 15.2 Å². The molecular weight excluding hydrogens is 741 g/mol. The van der Waals surface area contributed by atoms with E-state index in [0.717, 1.165) is 49.3 Å². The van der Waals surface area contributed by atoms with Crippen molar-refractivity contribution in [2.45, 2.75) is 37.8 Å². The van der Waals surface area contributed by atoms with Crippen molar-refractivity contribution in [2.24, 2.45) is 5.92 Å². The standard InChI is InChI=1S/C37H42ClF2N8O3PS/c1-19(21-7-5-11-44-33(21)41)48-13-14-50-31-26-29(28(40)24(27(31)38)22-8-9-23(39)32-25(22)30(43-2)34(42)53-32)45-36(46-35(26)48)51-18-37-10-6-12-47(37)16-20(15-37)17-52(3,4)49/h5,7-9,11,19-20,43H,6,10,12-18,42H2,1-4H3,(H2,41,44)/t19-,20?,37+/m1/s1. The van der Waals surface area contributed by atoms with Crippen LogP contribution in [-0.2, 0) is 4.57 Å². The maximum absolute atomic E-state index is 17.5. The first-order chi connectivity index (χ1) is 25.3. The van der Waals surface area contributed by atoms with Gasteiger partial charge in [-0.05, 0) is 69.7 Å². The molecule has 2 aromatic carbocycles. The number of rotatable bonds is 9. The van der Waals surface area contributed by atoms with E-state index in [0.29, 0.717) is 58.5 Å². The summed E-state index contributed by atoms with van der Waals surface area (Å²) in [5, 5.41) is 4.11. The second-order valence-corrected chi connectivity index (χ2v) is 19.8. The fraction of sp³-hybridized carbons (Fsp3) is 0.432. The van der Waals surface area contributed by atoms with Crippen molar-refractivity contribution < 1.29 is 22.8 Å². The van der Waals surface area contributed by atoms with Crippen LogP contribution in [0.3, 0.4) is 0 Å². The summed E-state index contributed by atoms with van der Waals surface area (Å²) in [7, 11) is -0.539. The lowest BCUT2D eigenvalue weighted by Gasteiger charge is -2.32. The number of hydrogen-bond acceptors (Lipinski definition) is 12. The van der Waals surface area contributed by atoms with Crippen LogP contribution in [0.4, 0.5) is 31.1 Å². The molecule has 3 aliphatic rings. The van der Waals surface area contributed by atoms with Gasteiger partial charge in [0.15, 0.2) is 11.6 Å². The van der Waals surface area contributed by atoms with Gasteiger partial charge in [0, 0.05) is 42.5 Å². The maximum atomic E-state index is 17.5. The molecular formula is C37H42ClF2N8O3PS. The van der Waals surface area contributed by atoms with E-state index in [9.17, 15) is 4.57 Å². The number of halogens is 3. The summed E-state index contributed by atoms with van der Waals surface area (Å²) in [5.74, 6) is 0.0349. The lowest BCUT2D eigenvalue weighted by Crippen LogP contribution is -2.43. The van der Waals surface area contributed by atoms with Crippen molar-refractivity contribution >= 4 is 73.4 Å². The number of pyridine rings is 1. The molecule has 0 saturated carbocycles. The van der Waals surface area contributed by atoms with Crippen LogP contribution in [0.2, 0.25) is 5.02 Å². The molecule has 0 radical (unpaired) electrons. The summed E-state index contributed by atoms with van der Waals surface area (Å²) in [6.07, 6.45) is 5.12. The molecule has 5 aromatic rings. The third kappa shape index (κ3) is 6.11. The largest absolute Gasteiger partial charge is 0.489 e. The second kappa shape index (κ2) is 13.4. The number of benzene rings is 2. The van der Waals surface area contributed by atoms with Crippen molar-refractivity contribution in [3.8, 4) is 22.9 Å². The number of anilines is 4. The Bertz CT molecular complexity index is 2320. The number of nitrogens with one attached hydrogen (secondary N) is 1. The van der Waals surface area contributed by atoms with Crippen LogP contribution in [0.25, 0.3) is 32.1 Å². The summed E-state index contributed by atoms with van der Waals surface area (Å²) in [4.78, 5) is 18.4. The highest BCUT2D eigenvalue weighted by molar-refractivity contribution is 7.62. The van der Waals surface area contributed by atoms with E-state index >= 15 is 8.78 Å². The number of fused-ring (bicyclic) bond motifs is 2. The Morgan fingerprint density at radius 2 is 2.02 bits per heavy atom. The topological polar surface area (TPSA) is 145 Å². The molecule has 0 spiro atoms. The molecule has 3 aromatic heterocycles. The fourth-order valence-corrected chi connectivity index (χ4v) is 11.6. The zero-order valence-corrected chi connectivity index (χ0v) is 32.5. The average molecular weight is 783 g/mol. The van der Waals surface area contributed by atoms with E-state index in [1.54, 1.807) is 13.2 Å². The minimum Gasteiger partial charge on any atom is -0.489 e.